The summed E-state index contributed by atoms with van der Waals surface area (Å²) in [6.45, 7) is 0. The Morgan fingerprint density at radius 2 is 2.05 bits per heavy atom. The van der Waals surface area contributed by atoms with E-state index in [1.807, 2.05) is 23.6 Å². The first-order chi connectivity index (χ1) is 9.24. The molecule has 0 radical (unpaired) electrons. The number of nitrogens with two attached hydrogens (primary N) is 1. The summed E-state index contributed by atoms with van der Waals surface area (Å²) in [7, 11) is 1.67. The fourth-order valence-electron chi connectivity index (χ4n) is 1.95. The monoisotopic (exact) mass is 296 g/mol. The molecule has 0 saturated heterocycles. The molecule has 1 unspecified atom stereocenters. The lowest BCUT2D eigenvalue weighted by Crippen LogP contribution is -2.28. The largest absolute Gasteiger partial charge is 0.497 e. The van der Waals surface area contributed by atoms with Crippen molar-refractivity contribution < 1.29 is 4.74 Å². The minimum Gasteiger partial charge on any atom is -0.497 e. The van der Waals surface area contributed by atoms with E-state index in [0.29, 0.717) is 0 Å². The average Bonchev–Trinajstić information content (AvgIpc) is 2.87. The maximum absolute atomic E-state index is 6.13. The number of aryl methyl sites for hydroxylation is 1. The highest BCUT2D eigenvalue weighted by Crippen LogP contribution is 2.30. The van der Waals surface area contributed by atoms with Crippen LogP contribution in [0.4, 0.5) is 0 Å². The van der Waals surface area contributed by atoms with Crippen molar-refractivity contribution in [3.63, 3.8) is 0 Å². The van der Waals surface area contributed by atoms with E-state index in [9.17, 15) is 0 Å². The summed E-state index contributed by atoms with van der Waals surface area (Å²) in [6.07, 6.45) is 1.84. The van der Waals surface area contributed by atoms with Crippen LogP contribution in [0.2, 0.25) is 5.02 Å². The van der Waals surface area contributed by atoms with Gasteiger partial charge in [-0.25, -0.2) is 0 Å². The second-order valence-corrected chi connectivity index (χ2v) is 5.59. The first kappa shape index (κ1) is 14.3. The second-order valence-electron chi connectivity index (χ2n) is 4.24. The van der Waals surface area contributed by atoms with E-state index in [1.165, 1.54) is 5.56 Å². The lowest BCUT2D eigenvalue weighted by Gasteiger charge is -2.15. The van der Waals surface area contributed by atoms with Crippen molar-refractivity contribution in [1.29, 1.82) is 0 Å². The first-order valence-corrected chi connectivity index (χ1v) is 7.32. The zero-order valence-corrected chi connectivity index (χ0v) is 12.3. The fraction of sp³-hybridized carbons (Fsp3) is 0.286. The molecule has 19 heavy (non-hydrogen) atoms. The standard InChI is InChI=1S/C14H17ClN2OS/c1-18-11-5-2-10(3-6-11)4-7-13(17-16)14-12(15)8-9-19-14/h2-3,5-6,8-9,13,17H,4,7,16H2,1H3. The molecule has 0 amide bonds. The fourth-order valence-corrected chi connectivity index (χ4v) is 3.23. The van der Waals surface area contributed by atoms with Crippen molar-refractivity contribution >= 4 is 22.9 Å². The molecule has 0 spiro atoms. The normalized spacial score (nSPS) is 12.4. The molecule has 2 aromatic rings. The Balaban J connectivity index is 1.98. The summed E-state index contributed by atoms with van der Waals surface area (Å²) in [5.41, 5.74) is 4.10. The van der Waals surface area contributed by atoms with Gasteiger partial charge in [-0.2, -0.15) is 0 Å². The average molecular weight is 297 g/mol. The summed E-state index contributed by atoms with van der Waals surface area (Å²) in [6, 6.07) is 10.1. The number of hydrogen-bond donors (Lipinski definition) is 2. The second kappa shape index (κ2) is 6.91. The van der Waals surface area contributed by atoms with Gasteiger partial charge in [-0.15, -0.1) is 11.3 Å². The number of nitrogens with one attached hydrogen (secondary N) is 1. The summed E-state index contributed by atoms with van der Waals surface area (Å²) in [5.74, 6) is 6.49. The van der Waals surface area contributed by atoms with Crippen molar-refractivity contribution in [2.45, 2.75) is 18.9 Å². The molecule has 1 aromatic heterocycles. The molecule has 1 atom stereocenters. The lowest BCUT2D eigenvalue weighted by atomic mass is 10.0. The summed E-state index contributed by atoms with van der Waals surface area (Å²) in [4.78, 5) is 1.10. The number of halogens is 1. The van der Waals surface area contributed by atoms with Crippen molar-refractivity contribution in [1.82, 2.24) is 5.43 Å². The third-order valence-electron chi connectivity index (χ3n) is 3.04. The number of hydrazine groups is 1. The van der Waals surface area contributed by atoms with E-state index in [0.717, 1.165) is 28.5 Å². The van der Waals surface area contributed by atoms with E-state index in [1.54, 1.807) is 18.4 Å². The molecule has 102 valence electrons. The molecular weight excluding hydrogens is 280 g/mol. The first-order valence-electron chi connectivity index (χ1n) is 6.06. The highest BCUT2D eigenvalue weighted by molar-refractivity contribution is 7.10. The van der Waals surface area contributed by atoms with Crippen molar-refractivity contribution in [2.75, 3.05) is 7.11 Å². The molecule has 0 bridgehead atoms. The molecule has 2 rings (SSSR count). The third kappa shape index (κ3) is 3.70. The summed E-state index contributed by atoms with van der Waals surface area (Å²) >= 11 is 7.76. The van der Waals surface area contributed by atoms with Gasteiger partial charge in [0, 0.05) is 4.88 Å². The number of methoxy groups -OCH3 is 1. The molecule has 0 aliphatic carbocycles. The number of rotatable bonds is 6. The molecule has 0 fully saturated rings. The van der Waals surface area contributed by atoms with Gasteiger partial charge in [0.2, 0.25) is 0 Å². The van der Waals surface area contributed by atoms with Gasteiger partial charge in [0.05, 0.1) is 18.2 Å². The Morgan fingerprint density at radius 3 is 2.58 bits per heavy atom. The lowest BCUT2D eigenvalue weighted by molar-refractivity contribution is 0.414. The number of hydrogen-bond acceptors (Lipinski definition) is 4. The highest BCUT2D eigenvalue weighted by atomic mass is 35.5. The van der Waals surface area contributed by atoms with Crippen LogP contribution in [0.1, 0.15) is 22.9 Å². The maximum atomic E-state index is 6.13. The predicted octanol–water partition coefficient (Wildman–Crippen LogP) is 3.55. The van der Waals surface area contributed by atoms with E-state index in [-0.39, 0.29) is 6.04 Å². The Labute approximate surface area is 122 Å². The number of thiophene rings is 1. The van der Waals surface area contributed by atoms with Crippen LogP contribution in [0.5, 0.6) is 5.75 Å². The predicted molar refractivity (Wildman–Crippen MR) is 80.7 cm³/mol. The van der Waals surface area contributed by atoms with Gasteiger partial charge in [0.1, 0.15) is 5.75 Å². The topological polar surface area (TPSA) is 47.3 Å². The molecule has 3 N–H and O–H groups in total. The van der Waals surface area contributed by atoms with Crippen molar-refractivity contribution in [2.24, 2.45) is 5.84 Å². The minimum absolute atomic E-state index is 0.0922. The summed E-state index contributed by atoms with van der Waals surface area (Å²) in [5, 5.41) is 2.76. The van der Waals surface area contributed by atoms with Gasteiger partial charge in [-0.1, -0.05) is 23.7 Å². The number of benzene rings is 1. The van der Waals surface area contributed by atoms with Crippen LogP contribution in [0, 0.1) is 0 Å². The van der Waals surface area contributed by atoms with Crippen LogP contribution in [-0.2, 0) is 6.42 Å². The van der Waals surface area contributed by atoms with Crippen LogP contribution < -0.4 is 16.0 Å². The Morgan fingerprint density at radius 1 is 1.32 bits per heavy atom. The van der Waals surface area contributed by atoms with Gasteiger partial charge >= 0.3 is 0 Å². The molecule has 3 nitrogen and oxygen atoms in total. The van der Waals surface area contributed by atoms with Crippen LogP contribution in [-0.4, -0.2) is 7.11 Å². The van der Waals surface area contributed by atoms with Gasteiger partial charge in [0.25, 0.3) is 0 Å². The zero-order valence-electron chi connectivity index (χ0n) is 10.7. The summed E-state index contributed by atoms with van der Waals surface area (Å²) < 4.78 is 5.14. The van der Waals surface area contributed by atoms with Gasteiger partial charge in [0.15, 0.2) is 0 Å². The molecule has 1 heterocycles. The quantitative estimate of drug-likeness (QED) is 0.633. The molecule has 0 saturated carbocycles. The van der Waals surface area contributed by atoms with Crippen LogP contribution in [0.25, 0.3) is 0 Å². The van der Waals surface area contributed by atoms with Crippen LogP contribution in [0.3, 0.4) is 0 Å². The Bertz CT molecular complexity index is 512. The molecule has 5 heteroatoms. The van der Waals surface area contributed by atoms with Crippen molar-refractivity contribution in [3.8, 4) is 5.75 Å². The Hall–Kier alpha value is -1.07. The molecule has 0 aliphatic rings. The SMILES string of the molecule is COc1ccc(CCC(NN)c2sccc2Cl)cc1. The minimum atomic E-state index is 0.0922. The van der Waals surface area contributed by atoms with E-state index < -0.39 is 0 Å². The molecule has 1 aromatic carbocycles. The molecule has 0 aliphatic heterocycles. The zero-order chi connectivity index (χ0) is 13.7. The van der Waals surface area contributed by atoms with Gasteiger partial charge in [-0.3, -0.25) is 11.3 Å². The van der Waals surface area contributed by atoms with E-state index >= 15 is 0 Å². The maximum Gasteiger partial charge on any atom is 0.118 e. The van der Waals surface area contributed by atoms with Gasteiger partial charge in [-0.05, 0) is 42.0 Å². The van der Waals surface area contributed by atoms with Gasteiger partial charge < -0.3 is 4.74 Å². The third-order valence-corrected chi connectivity index (χ3v) is 4.52. The van der Waals surface area contributed by atoms with E-state index in [4.69, 9.17) is 22.2 Å². The van der Waals surface area contributed by atoms with E-state index in [2.05, 4.69) is 17.6 Å². The van der Waals surface area contributed by atoms with Crippen LogP contribution >= 0.6 is 22.9 Å². The smallest absolute Gasteiger partial charge is 0.118 e. The Kier molecular flexibility index (Phi) is 5.22. The molecular formula is C14H17ClN2OS. The van der Waals surface area contributed by atoms with Crippen LogP contribution in [0.15, 0.2) is 35.7 Å². The van der Waals surface area contributed by atoms with Crippen molar-refractivity contribution in [3.05, 3.63) is 51.2 Å². The number of ether oxygens (including phenoxy) is 1. The highest BCUT2D eigenvalue weighted by Gasteiger charge is 2.14.